The number of aryl methyl sites for hydroxylation is 1. The van der Waals surface area contributed by atoms with E-state index in [1.807, 2.05) is 11.0 Å². The minimum absolute atomic E-state index is 0.0796. The van der Waals surface area contributed by atoms with E-state index in [-0.39, 0.29) is 11.9 Å². The third-order valence-corrected chi connectivity index (χ3v) is 7.59. The van der Waals surface area contributed by atoms with Gasteiger partial charge in [0.1, 0.15) is 5.82 Å². The summed E-state index contributed by atoms with van der Waals surface area (Å²) < 4.78 is 5.14. The molecule has 6 nitrogen and oxygen atoms in total. The number of allylic oxidation sites excluding steroid dienone is 1. The highest BCUT2D eigenvalue weighted by molar-refractivity contribution is 6.15. The first kappa shape index (κ1) is 25.8. The molecule has 0 aliphatic carbocycles. The van der Waals surface area contributed by atoms with Gasteiger partial charge < -0.3 is 9.64 Å². The largest absolute Gasteiger partial charge is 0.494 e. The van der Waals surface area contributed by atoms with Crippen molar-refractivity contribution in [3.05, 3.63) is 95.6 Å². The van der Waals surface area contributed by atoms with Crippen LogP contribution in [0, 0.1) is 12.8 Å². The van der Waals surface area contributed by atoms with Gasteiger partial charge in [0.15, 0.2) is 5.75 Å². The lowest BCUT2D eigenvalue weighted by atomic mass is 9.92. The van der Waals surface area contributed by atoms with Crippen LogP contribution >= 0.6 is 0 Å². The van der Waals surface area contributed by atoms with Crippen LogP contribution in [0.2, 0.25) is 0 Å². The maximum atomic E-state index is 13.0. The summed E-state index contributed by atoms with van der Waals surface area (Å²) in [7, 11) is 1.62. The Bertz CT molecular complexity index is 1290. The van der Waals surface area contributed by atoms with Crippen LogP contribution in [-0.4, -0.2) is 52.7 Å². The molecule has 1 saturated heterocycles. The van der Waals surface area contributed by atoms with Gasteiger partial charge in [-0.05, 0) is 67.4 Å². The molecule has 2 aromatic carbocycles. The van der Waals surface area contributed by atoms with E-state index in [0.717, 1.165) is 62.3 Å². The molecule has 6 heteroatoms. The van der Waals surface area contributed by atoms with Crippen LogP contribution in [-0.2, 0) is 11.2 Å². The summed E-state index contributed by atoms with van der Waals surface area (Å²) in [6.07, 6.45) is 10.8. The quantitative estimate of drug-likeness (QED) is 0.372. The topological polar surface area (TPSA) is 67.7 Å². The Hall–Kier alpha value is -3.80. The highest BCUT2D eigenvalue weighted by Crippen LogP contribution is 2.31. The molecule has 0 spiro atoms. The molecule has 1 unspecified atom stereocenters. The van der Waals surface area contributed by atoms with Crippen molar-refractivity contribution in [2.24, 2.45) is 10.9 Å². The number of rotatable bonds is 9. The Balaban J connectivity index is 1.14. The fourth-order valence-corrected chi connectivity index (χ4v) is 5.41. The van der Waals surface area contributed by atoms with Crippen molar-refractivity contribution in [1.29, 1.82) is 0 Å². The molecule has 5 rings (SSSR count). The zero-order valence-electron chi connectivity index (χ0n) is 22.3. The number of methoxy groups -OCH3 is 1. The van der Waals surface area contributed by atoms with Crippen molar-refractivity contribution >= 4 is 17.2 Å². The number of amides is 1. The molecule has 196 valence electrons. The third kappa shape index (κ3) is 6.36. The summed E-state index contributed by atoms with van der Waals surface area (Å²) in [5, 5.41) is 0. The average molecular weight is 509 g/mol. The Kier molecular flexibility index (Phi) is 8.27. The number of ether oxygens (including phenoxy) is 1. The van der Waals surface area contributed by atoms with Gasteiger partial charge in [-0.3, -0.25) is 9.79 Å². The zero-order chi connectivity index (χ0) is 26.3. The second-order valence-corrected chi connectivity index (χ2v) is 10.3. The number of likely N-dealkylation sites (tertiary alicyclic amines) is 1. The van der Waals surface area contributed by atoms with E-state index in [9.17, 15) is 4.79 Å². The van der Waals surface area contributed by atoms with Gasteiger partial charge in [-0.15, -0.1) is 0 Å². The lowest BCUT2D eigenvalue weighted by molar-refractivity contribution is -0.132. The maximum absolute atomic E-state index is 13.0. The van der Waals surface area contributed by atoms with Gasteiger partial charge >= 0.3 is 0 Å². The highest BCUT2D eigenvalue weighted by atomic mass is 16.5. The number of piperidine rings is 1. The molecule has 0 radical (unpaired) electrons. The van der Waals surface area contributed by atoms with E-state index in [0.29, 0.717) is 18.1 Å². The van der Waals surface area contributed by atoms with Gasteiger partial charge in [0.2, 0.25) is 5.91 Å². The summed E-state index contributed by atoms with van der Waals surface area (Å²) in [5.41, 5.74) is 5.87. The van der Waals surface area contributed by atoms with Crippen molar-refractivity contribution in [2.75, 3.05) is 20.2 Å². The van der Waals surface area contributed by atoms with Crippen molar-refractivity contribution in [3.63, 3.8) is 0 Å². The molecule has 3 aromatic rings. The monoisotopic (exact) mass is 508 g/mol. The van der Waals surface area contributed by atoms with E-state index in [2.05, 4.69) is 71.5 Å². The molecule has 3 heterocycles. The first-order valence-corrected chi connectivity index (χ1v) is 13.6. The second-order valence-electron chi connectivity index (χ2n) is 10.3. The van der Waals surface area contributed by atoms with Gasteiger partial charge in [0, 0.05) is 25.9 Å². The number of aromatic nitrogens is 2. The van der Waals surface area contributed by atoms with E-state index in [4.69, 9.17) is 9.73 Å². The fraction of sp³-hybridized carbons (Fsp3) is 0.375. The van der Waals surface area contributed by atoms with Crippen LogP contribution in [0.1, 0.15) is 54.6 Å². The van der Waals surface area contributed by atoms with Gasteiger partial charge in [0.25, 0.3) is 0 Å². The summed E-state index contributed by atoms with van der Waals surface area (Å²) in [6, 6.07) is 19.1. The van der Waals surface area contributed by atoms with Crippen LogP contribution < -0.4 is 4.74 Å². The predicted molar refractivity (Wildman–Crippen MR) is 151 cm³/mol. The smallest absolute Gasteiger partial charge is 0.222 e. The number of nitrogens with zero attached hydrogens (tertiary/aromatic N) is 4. The first-order valence-electron chi connectivity index (χ1n) is 13.6. The second kappa shape index (κ2) is 12.2. The van der Waals surface area contributed by atoms with Crippen LogP contribution in [0.4, 0.5) is 0 Å². The lowest BCUT2D eigenvalue weighted by Crippen LogP contribution is -2.39. The summed E-state index contributed by atoms with van der Waals surface area (Å²) >= 11 is 0. The van der Waals surface area contributed by atoms with Crippen LogP contribution in [0.15, 0.2) is 78.1 Å². The molecule has 2 aliphatic rings. The minimum Gasteiger partial charge on any atom is -0.494 e. The number of benzene rings is 2. The van der Waals surface area contributed by atoms with E-state index in [1.54, 1.807) is 19.5 Å². The SMILES string of the molecule is COc1cnc(CC2CCN(C(=O)CCCC3N=C(c4cccc(C)c4)C=C3c3ccccc3)CC2)nc1. The number of carbonyl (C=O) groups is 1. The first-order chi connectivity index (χ1) is 18.6. The number of aliphatic imine (C=N–C) groups is 1. The maximum Gasteiger partial charge on any atom is 0.222 e. The van der Waals surface area contributed by atoms with Crippen molar-refractivity contribution in [3.8, 4) is 5.75 Å². The van der Waals surface area contributed by atoms with E-state index in [1.165, 1.54) is 16.7 Å². The molecule has 2 aliphatic heterocycles. The summed E-state index contributed by atoms with van der Waals surface area (Å²) in [6.45, 7) is 3.74. The molecule has 0 bridgehead atoms. The molecule has 0 saturated carbocycles. The zero-order valence-corrected chi connectivity index (χ0v) is 22.3. The molecular formula is C32H36N4O2. The number of carbonyl (C=O) groups excluding carboxylic acids is 1. The highest BCUT2D eigenvalue weighted by Gasteiger charge is 2.26. The Morgan fingerprint density at radius 2 is 1.74 bits per heavy atom. The Labute approximate surface area is 225 Å². The van der Waals surface area contributed by atoms with Crippen molar-refractivity contribution < 1.29 is 9.53 Å². The fourth-order valence-electron chi connectivity index (χ4n) is 5.41. The molecule has 1 amide bonds. The van der Waals surface area contributed by atoms with Gasteiger partial charge in [-0.2, -0.15) is 0 Å². The molecule has 1 fully saturated rings. The van der Waals surface area contributed by atoms with Gasteiger partial charge in [-0.25, -0.2) is 9.97 Å². The molecule has 1 aromatic heterocycles. The van der Waals surface area contributed by atoms with Crippen LogP contribution in [0.5, 0.6) is 5.75 Å². The van der Waals surface area contributed by atoms with Crippen LogP contribution in [0.3, 0.4) is 0 Å². The number of hydrogen-bond donors (Lipinski definition) is 0. The van der Waals surface area contributed by atoms with Gasteiger partial charge in [0.05, 0.1) is 31.3 Å². The molecular weight excluding hydrogens is 472 g/mol. The predicted octanol–water partition coefficient (Wildman–Crippen LogP) is 5.70. The Morgan fingerprint density at radius 3 is 2.45 bits per heavy atom. The van der Waals surface area contributed by atoms with Crippen molar-refractivity contribution in [2.45, 2.75) is 51.5 Å². The minimum atomic E-state index is 0.0796. The van der Waals surface area contributed by atoms with E-state index >= 15 is 0 Å². The third-order valence-electron chi connectivity index (χ3n) is 7.59. The normalized spacial score (nSPS) is 17.7. The summed E-state index contributed by atoms with van der Waals surface area (Å²) in [4.78, 5) is 29.0. The standard InChI is InChI=1S/C32H36N4O2/c1-23-8-6-11-26(18-23)30-20-28(25-9-4-3-5-10-25)29(35-30)12-7-13-32(37)36-16-14-24(15-17-36)19-31-33-21-27(38-2)22-34-31/h3-6,8-11,18,20-22,24,29H,7,12-17,19H2,1-2H3. The van der Waals surface area contributed by atoms with E-state index < -0.39 is 0 Å². The summed E-state index contributed by atoms with van der Waals surface area (Å²) in [5.74, 6) is 2.30. The lowest BCUT2D eigenvalue weighted by Gasteiger charge is -2.32. The molecule has 0 N–H and O–H groups in total. The van der Waals surface area contributed by atoms with Crippen LogP contribution in [0.25, 0.3) is 5.57 Å². The molecule has 38 heavy (non-hydrogen) atoms. The number of hydrogen-bond acceptors (Lipinski definition) is 5. The average Bonchev–Trinajstić information content (AvgIpc) is 3.38. The molecule has 1 atom stereocenters. The van der Waals surface area contributed by atoms with Crippen molar-refractivity contribution in [1.82, 2.24) is 14.9 Å². The Morgan fingerprint density at radius 1 is 1.00 bits per heavy atom. The van der Waals surface area contributed by atoms with Gasteiger partial charge in [-0.1, -0.05) is 54.1 Å².